The average molecular weight is 370 g/mol. The quantitative estimate of drug-likeness (QED) is 0.823. The molecule has 2 aromatic rings. The number of carbonyl (C=O) groups excluding carboxylic acids is 1. The van der Waals surface area contributed by atoms with Crippen LogP contribution in [0.5, 0.6) is 5.88 Å². The SMILES string of the molecule is Cc1cccc(OCc2nn(C)c3c2CN(C(=O)C2CCOCC2)CC3)n1. The first-order valence-corrected chi connectivity index (χ1v) is 9.58. The highest BCUT2D eigenvalue weighted by Crippen LogP contribution is 2.26. The van der Waals surface area contributed by atoms with Crippen LogP contribution in [-0.2, 0) is 36.2 Å². The van der Waals surface area contributed by atoms with Crippen LogP contribution in [0.15, 0.2) is 18.2 Å². The zero-order valence-electron chi connectivity index (χ0n) is 16.0. The molecule has 7 nitrogen and oxygen atoms in total. The lowest BCUT2D eigenvalue weighted by Crippen LogP contribution is -2.41. The van der Waals surface area contributed by atoms with Crippen LogP contribution in [0.25, 0.3) is 0 Å². The molecule has 0 aliphatic carbocycles. The summed E-state index contributed by atoms with van der Waals surface area (Å²) in [5.41, 5.74) is 4.13. The molecule has 2 aliphatic heterocycles. The van der Waals surface area contributed by atoms with Gasteiger partial charge >= 0.3 is 0 Å². The molecular formula is C20H26N4O3. The molecule has 0 radical (unpaired) electrons. The largest absolute Gasteiger partial charge is 0.471 e. The molecule has 0 aromatic carbocycles. The first-order valence-electron chi connectivity index (χ1n) is 9.58. The maximum absolute atomic E-state index is 12.9. The summed E-state index contributed by atoms with van der Waals surface area (Å²) in [6.07, 6.45) is 2.48. The highest BCUT2D eigenvalue weighted by molar-refractivity contribution is 5.79. The van der Waals surface area contributed by atoms with Gasteiger partial charge in [-0.2, -0.15) is 5.10 Å². The number of rotatable bonds is 4. The Labute approximate surface area is 159 Å². The summed E-state index contributed by atoms with van der Waals surface area (Å²) in [5.74, 6) is 0.938. The normalized spacial score (nSPS) is 17.6. The summed E-state index contributed by atoms with van der Waals surface area (Å²) in [7, 11) is 1.96. The Balaban J connectivity index is 1.47. The van der Waals surface area contributed by atoms with Crippen LogP contribution in [0.1, 0.15) is 35.5 Å². The Kier molecular flexibility index (Phi) is 5.11. The molecule has 2 aliphatic rings. The summed E-state index contributed by atoms with van der Waals surface area (Å²) in [4.78, 5) is 19.3. The lowest BCUT2D eigenvalue weighted by molar-refractivity contribution is -0.139. The number of nitrogens with zero attached hydrogens (tertiary/aromatic N) is 4. The second-order valence-corrected chi connectivity index (χ2v) is 7.30. The van der Waals surface area contributed by atoms with Gasteiger partial charge < -0.3 is 14.4 Å². The highest BCUT2D eigenvalue weighted by Gasteiger charge is 2.31. The third-order valence-corrected chi connectivity index (χ3v) is 5.43. The van der Waals surface area contributed by atoms with E-state index >= 15 is 0 Å². The van der Waals surface area contributed by atoms with E-state index in [1.165, 1.54) is 5.69 Å². The van der Waals surface area contributed by atoms with Crippen molar-refractivity contribution in [2.45, 2.75) is 39.3 Å². The molecular weight excluding hydrogens is 344 g/mol. The first kappa shape index (κ1) is 18.0. The third-order valence-electron chi connectivity index (χ3n) is 5.43. The molecule has 1 saturated heterocycles. The fraction of sp³-hybridized carbons (Fsp3) is 0.550. The first-order chi connectivity index (χ1) is 13.1. The van der Waals surface area contributed by atoms with Crippen LogP contribution in [0, 0.1) is 12.8 Å². The van der Waals surface area contributed by atoms with Crippen molar-refractivity contribution in [2.75, 3.05) is 19.8 Å². The molecule has 0 spiro atoms. The molecule has 27 heavy (non-hydrogen) atoms. The molecule has 2 aromatic heterocycles. The molecule has 0 unspecified atom stereocenters. The van der Waals surface area contributed by atoms with E-state index in [2.05, 4.69) is 10.1 Å². The van der Waals surface area contributed by atoms with E-state index in [1.807, 2.05) is 41.8 Å². The Bertz CT molecular complexity index is 827. The monoisotopic (exact) mass is 370 g/mol. The maximum Gasteiger partial charge on any atom is 0.226 e. The van der Waals surface area contributed by atoms with Gasteiger partial charge in [0.25, 0.3) is 0 Å². The van der Waals surface area contributed by atoms with Crippen LogP contribution < -0.4 is 4.74 Å². The molecule has 4 rings (SSSR count). The zero-order valence-corrected chi connectivity index (χ0v) is 16.0. The van der Waals surface area contributed by atoms with Gasteiger partial charge in [0, 0.05) is 68.7 Å². The third kappa shape index (κ3) is 3.83. The van der Waals surface area contributed by atoms with Crippen molar-refractivity contribution < 1.29 is 14.3 Å². The Hall–Kier alpha value is -2.41. The molecule has 0 N–H and O–H groups in total. The minimum atomic E-state index is 0.0909. The zero-order chi connectivity index (χ0) is 18.8. The average Bonchev–Trinajstić information content (AvgIpc) is 3.02. The molecule has 7 heteroatoms. The highest BCUT2D eigenvalue weighted by atomic mass is 16.5. The van der Waals surface area contributed by atoms with Crippen molar-refractivity contribution in [2.24, 2.45) is 13.0 Å². The van der Waals surface area contributed by atoms with Gasteiger partial charge in [-0.15, -0.1) is 0 Å². The number of pyridine rings is 1. The van der Waals surface area contributed by atoms with Crippen molar-refractivity contribution in [1.29, 1.82) is 0 Å². The second kappa shape index (κ2) is 7.68. The maximum atomic E-state index is 12.9. The van der Waals surface area contributed by atoms with Gasteiger partial charge in [-0.3, -0.25) is 9.48 Å². The number of fused-ring (bicyclic) bond motifs is 1. The molecule has 0 saturated carbocycles. The number of carbonyl (C=O) groups is 1. The second-order valence-electron chi connectivity index (χ2n) is 7.30. The number of hydrogen-bond donors (Lipinski definition) is 0. The van der Waals surface area contributed by atoms with Crippen LogP contribution >= 0.6 is 0 Å². The number of aryl methyl sites for hydroxylation is 2. The summed E-state index contributed by atoms with van der Waals surface area (Å²) in [6, 6.07) is 5.72. The lowest BCUT2D eigenvalue weighted by atomic mass is 9.96. The Morgan fingerprint density at radius 1 is 1.33 bits per heavy atom. The Morgan fingerprint density at radius 3 is 2.93 bits per heavy atom. The molecule has 0 bridgehead atoms. The van der Waals surface area contributed by atoms with Crippen molar-refractivity contribution >= 4 is 5.91 Å². The van der Waals surface area contributed by atoms with Crippen LogP contribution in [0.2, 0.25) is 0 Å². The number of amides is 1. The molecule has 144 valence electrons. The van der Waals surface area contributed by atoms with Crippen molar-refractivity contribution in [3.63, 3.8) is 0 Å². The minimum absolute atomic E-state index is 0.0909. The topological polar surface area (TPSA) is 69.5 Å². The van der Waals surface area contributed by atoms with Crippen LogP contribution in [-0.4, -0.2) is 45.3 Å². The van der Waals surface area contributed by atoms with Crippen molar-refractivity contribution in [1.82, 2.24) is 19.7 Å². The van der Waals surface area contributed by atoms with E-state index in [-0.39, 0.29) is 11.8 Å². The van der Waals surface area contributed by atoms with E-state index in [1.54, 1.807) is 0 Å². The van der Waals surface area contributed by atoms with E-state index < -0.39 is 0 Å². The fourth-order valence-electron chi connectivity index (χ4n) is 3.92. The van der Waals surface area contributed by atoms with Gasteiger partial charge in [0.15, 0.2) is 0 Å². The van der Waals surface area contributed by atoms with Gasteiger partial charge in [0.2, 0.25) is 11.8 Å². The van der Waals surface area contributed by atoms with E-state index in [0.29, 0.717) is 32.2 Å². The fourth-order valence-corrected chi connectivity index (χ4v) is 3.92. The van der Waals surface area contributed by atoms with Gasteiger partial charge in [-0.1, -0.05) is 6.07 Å². The predicted molar refractivity (Wildman–Crippen MR) is 99.2 cm³/mol. The standard InChI is InChI=1S/C20H26N4O3/c1-14-4-3-5-19(21-14)27-13-17-16-12-24(9-6-18(16)23(2)22-17)20(25)15-7-10-26-11-8-15/h3-5,15H,6-13H2,1-2H3. The molecule has 1 amide bonds. The smallest absolute Gasteiger partial charge is 0.226 e. The van der Waals surface area contributed by atoms with E-state index in [4.69, 9.17) is 9.47 Å². The van der Waals surface area contributed by atoms with Crippen molar-refractivity contribution in [3.8, 4) is 5.88 Å². The molecule has 4 heterocycles. The number of ether oxygens (including phenoxy) is 2. The van der Waals surface area contributed by atoms with E-state index in [0.717, 1.165) is 42.8 Å². The number of aromatic nitrogens is 3. The van der Waals surface area contributed by atoms with Crippen molar-refractivity contribution in [3.05, 3.63) is 40.8 Å². The predicted octanol–water partition coefficient (Wildman–Crippen LogP) is 2.01. The van der Waals surface area contributed by atoms with Crippen LogP contribution in [0.3, 0.4) is 0 Å². The minimum Gasteiger partial charge on any atom is -0.471 e. The van der Waals surface area contributed by atoms with Gasteiger partial charge in [0.05, 0.1) is 0 Å². The Morgan fingerprint density at radius 2 is 2.15 bits per heavy atom. The van der Waals surface area contributed by atoms with Gasteiger partial charge in [-0.25, -0.2) is 4.98 Å². The summed E-state index contributed by atoms with van der Waals surface area (Å²) in [6.45, 7) is 5.03. The van der Waals surface area contributed by atoms with Gasteiger partial charge in [-0.05, 0) is 25.8 Å². The van der Waals surface area contributed by atoms with E-state index in [9.17, 15) is 4.79 Å². The van der Waals surface area contributed by atoms with Crippen LogP contribution in [0.4, 0.5) is 0 Å². The lowest BCUT2D eigenvalue weighted by Gasteiger charge is -2.32. The summed E-state index contributed by atoms with van der Waals surface area (Å²) in [5, 5.41) is 4.64. The number of hydrogen-bond acceptors (Lipinski definition) is 5. The molecule has 1 fully saturated rings. The summed E-state index contributed by atoms with van der Waals surface area (Å²) < 4.78 is 13.2. The molecule has 0 atom stereocenters. The summed E-state index contributed by atoms with van der Waals surface area (Å²) >= 11 is 0. The van der Waals surface area contributed by atoms with Gasteiger partial charge in [0.1, 0.15) is 12.3 Å².